The zero-order valence-electron chi connectivity index (χ0n) is 11.3. The van der Waals surface area contributed by atoms with Gasteiger partial charge in [-0.1, -0.05) is 18.2 Å². The molecule has 102 valence electrons. The standard InChI is InChI=1S/C15H20N2O2/c1-19-14-5-3-2-4-11(14)12-10-13(12)15(18)17-8-6-16-7-9-17/h2-5,12-13,16H,6-10H2,1H3. The fraction of sp³-hybridized carbons (Fsp3) is 0.533. The highest BCUT2D eigenvalue weighted by Crippen LogP contribution is 2.51. The number of carbonyl (C=O) groups excluding carboxylic acids is 1. The normalized spacial score (nSPS) is 26.1. The van der Waals surface area contributed by atoms with Gasteiger partial charge in [-0.05, 0) is 24.0 Å². The third-order valence-electron chi connectivity index (χ3n) is 4.07. The number of ether oxygens (including phenoxy) is 1. The molecule has 4 heteroatoms. The average Bonchev–Trinajstić information content (AvgIpc) is 3.27. The van der Waals surface area contributed by atoms with E-state index in [2.05, 4.69) is 11.4 Å². The molecule has 19 heavy (non-hydrogen) atoms. The molecule has 0 aromatic heterocycles. The number of rotatable bonds is 3. The van der Waals surface area contributed by atoms with Gasteiger partial charge in [0.2, 0.25) is 5.91 Å². The van der Waals surface area contributed by atoms with Crippen LogP contribution in [0.25, 0.3) is 0 Å². The van der Waals surface area contributed by atoms with Gasteiger partial charge in [0.1, 0.15) is 5.75 Å². The number of carbonyl (C=O) groups is 1. The molecule has 2 aliphatic rings. The van der Waals surface area contributed by atoms with Crippen molar-refractivity contribution in [3.05, 3.63) is 29.8 Å². The van der Waals surface area contributed by atoms with Gasteiger partial charge < -0.3 is 15.0 Å². The van der Waals surface area contributed by atoms with Crippen molar-refractivity contribution in [3.63, 3.8) is 0 Å². The lowest BCUT2D eigenvalue weighted by molar-refractivity contribution is -0.133. The highest BCUT2D eigenvalue weighted by molar-refractivity contribution is 5.83. The molecule has 2 fully saturated rings. The predicted octanol–water partition coefficient (Wildman–Crippen LogP) is 1.23. The molecule has 1 aliphatic heterocycles. The second kappa shape index (κ2) is 5.21. The van der Waals surface area contributed by atoms with Crippen molar-refractivity contribution < 1.29 is 9.53 Å². The van der Waals surface area contributed by atoms with Crippen LogP contribution in [0, 0.1) is 5.92 Å². The van der Waals surface area contributed by atoms with E-state index in [4.69, 9.17) is 4.74 Å². The summed E-state index contributed by atoms with van der Waals surface area (Å²) >= 11 is 0. The number of nitrogens with zero attached hydrogens (tertiary/aromatic N) is 1. The Morgan fingerprint density at radius 3 is 2.79 bits per heavy atom. The molecule has 1 saturated heterocycles. The topological polar surface area (TPSA) is 41.6 Å². The Morgan fingerprint density at radius 1 is 1.32 bits per heavy atom. The highest BCUT2D eigenvalue weighted by Gasteiger charge is 2.46. The largest absolute Gasteiger partial charge is 0.496 e. The number of hydrogen-bond donors (Lipinski definition) is 1. The van der Waals surface area contributed by atoms with Gasteiger partial charge in [-0.2, -0.15) is 0 Å². The molecule has 0 radical (unpaired) electrons. The number of benzene rings is 1. The molecular weight excluding hydrogens is 240 g/mol. The first-order valence-electron chi connectivity index (χ1n) is 6.93. The van der Waals surface area contributed by atoms with E-state index in [-0.39, 0.29) is 5.92 Å². The van der Waals surface area contributed by atoms with Crippen molar-refractivity contribution in [2.75, 3.05) is 33.3 Å². The Bertz CT molecular complexity index is 469. The lowest BCUT2D eigenvalue weighted by atomic mass is 10.1. The van der Waals surface area contributed by atoms with E-state index in [1.807, 2.05) is 23.1 Å². The van der Waals surface area contributed by atoms with Gasteiger partial charge in [-0.3, -0.25) is 4.79 Å². The summed E-state index contributed by atoms with van der Waals surface area (Å²) in [5.41, 5.74) is 1.18. The third kappa shape index (κ3) is 2.45. The minimum atomic E-state index is 0.161. The average molecular weight is 260 g/mol. The molecule has 1 aromatic rings. The summed E-state index contributed by atoms with van der Waals surface area (Å²) in [5.74, 6) is 1.73. The first kappa shape index (κ1) is 12.5. The lowest BCUT2D eigenvalue weighted by Crippen LogP contribution is -2.47. The number of piperazine rings is 1. The summed E-state index contributed by atoms with van der Waals surface area (Å²) in [7, 11) is 1.69. The van der Waals surface area contributed by atoms with Gasteiger partial charge in [0.15, 0.2) is 0 Å². The van der Waals surface area contributed by atoms with E-state index in [0.717, 1.165) is 38.3 Å². The summed E-state index contributed by atoms with van der Waals surface area (Å²) in [6, 6.07) is 8.04. The van der Waals surface area contributed by atoms with Gasteiger partial charge in [0.25, 0.3) is 0 Å². The first-order valence-corrected chi connectivity index (χ1v) is 6.93. The number of methoxy groups -OCH3 is 1. The predicted molar refractivity (Wildman–Crippen MR) is 73.3 cm³/mol. The van der Waals surface area contributed by atoms with Crippen LogP contribution in [-0.2, 0) is 4.79 Å². The van der Waals surface area contributed by atoms with Crippen LogP contribution in [0.4, 0.5) is 0 Å². The van der Waals surface area contributed by atoms with Crippen molar-refractivity contribution in [3.8, 4) is 5.75 Å². The molecule has 1 N–H and O–H groups in total. The zero-order valence-corrected chi connectivity index (χ0v) is 11.3. The van der Waals surface area contributed by atoms with Crippen molar-refractivity contribution in [1.29, 1.82) is 0 Å². The summed E-state index contributed by atoms with van der Waals surface area (Å²) < 4.78 is 5.39. The van der Waals surface area contributed by atoms with E-state index in [0.29, 0.717) is 11.8 Å². The fourth-order valence-electron chi connectivity index (χ4n) is 2.90. The third-order valence-corrected chi connectivity index (χ3v) is 4.07. The van der Waals surface area contributed by atoms with Gasteiger partial charge >= 0.3 is 0 Å². The van der Waals surface area contributed by atoms with Crippen LogP contribution in [0.5, 0.6) is 5.75 Å². The molecular formula is C15H20N2O2. The monoisotopic (exact) mass is 260 g/mol. The Kier molecular flexibility index (Phi) is 3.42. The first-order chi connectivity index (χ1) is 9.31. The van der Waals surface area contributed by atoms with E-state index in [1.165, 1.54) is 5.56 Å². The van der Waals surface area contributed by atoms with Crippen LogP contribution in [0.2, 0.25) is 0 Å². The molecule has 1 saturated carbocycles. The van der Waals surface area contributed by atoms with E-state index in [9.17, 15) is 4.79 Å². The minimum absolute atomic E-state index is 0.161. The van der Waals surface area contributed by atoms with E-state index in [1.54, 1.807) is 7.11 Å². The van der Waals surface area contributed by atoms with Gasteiger partial charge in [-0.15, -0.1) is 0 Å². The van der Waals surface area contributed by atoms with Crippen LogP contribution in [0.1, 0.15) is 17.9 Å². The SMILES string of the molecule is COc1ccccc1C1CC1C(=O)N1CCNCC1. The summed E-state index contributed by atoms with van der Waals surface area (Å²) in [6.07, 6.45) is 0.961. The smallest absolute Gasteiger partial charge is 0.226 e. The molecule has 1 heterocycles. The molecule has 3 rings (SSSR count). The van der Waals surface area contributed by atoms with Gasteiger partial charge in [0, 0.05) is 32.1 Å². The van der Waals surface area contributed by atoms with Crippen LogP contribution in [0.3, 0.4) is 0 Å². The fourth-order valence-corrected chi connectivity index (χ4v) is 2.90. The number of para-hydroxylation sites is 1. The molecule has 1 aliphatic carbocycles. The summed E-state index contributed by atoms with van der Waals surface area (Å²) in [6.45, 7) is 3.51. The quantitative estimate of drug-likeness (QED) is 0.889. The van der Waals surface area contributed by atoms with Crippen molar-refractivity contribution in [1.82, 2.24) is 10.2 Å². The second-order valence-electron chi connectivity index (χ2n) is 5.27. The van der Waals surface area contributed by atoms with Crippen LogP contribution >= 0.6 is 0 Å². The van der Waals surface area contributed by atoms with Crippen LogP contribution in [0.15, 0.2) is 24.3 Å². The van der Waals surface area contributed by atoms with Gasteiger partial charge in [-0.25, -0.2) is 0 Å². The molecule has 2 atom stereocenters. The molecule has 2 unspecified atom stereocenters. The maximum atomic E-state index is 12.4. The Balaban J connectivity index is 1.68. The summed E-state index contributed by atoms with van der Waals surface area (Å²) in [4.78, 5) is 14.4. The van der Waals surface area contributed by atoms with Gasteiger partial charge in [0.05, 0.1) is 7.11 Å². The maximum absolute atomic E-state index is 12.4. The minimum Gasteiger partial charge on any atom is -0.496 e. The summed E-state index contributed by atoms with van der Waals surface area (Å²) in [5, 5.41) is 3.28. The second-order valence-corrected chi connectivity index (χ2v) is 5.27. The molecule has 0 bridgehead atoms. The highest BCUT2D eigenvalue weighted by atomic mass is 16.5. The van der Waals surface area contributed by atoms with Crippen molar-refractivity contribution in [2.45, 2.75) is 12.3 Å². The van der Waals surface area contributed by atoms with Crippen LogP contribution < -0.4 is 10.1 Å². The van der Waals surface area contributed by atoms with Crippen molar-refractivity contribution in [2.24, 2.45) is 5.92 Å². The van der Waals surface area contributed by atoms with E-state index >= 15 is 0 Å². The number of hydrogen-bond acceptors (Lipinski definition) is 3. The molecule has 1 amide bonds. The lowest BCUT2D eigenvalue weighted by Gasteiger charge is -2.27. The Labute approximate surface area is 113 Å². The molecule has 4 nitrogen and oxygen atoms in total. The van der Waals surface area contributed by atoms with E-state index < -0.39 is 0 Å². The van der Waals surface area contributed by atoms with Crippen LogP contribution in [-0.4, -0.2) is 44.1 Å². The Hall–Kier alpha value is -1.55. The number of nitrogens with one attached hydrogen (secondary N) is 1. The van der Waals surface area contributed by atoms with Crippen molar-refractivity contribution >= 4 is 5.91 Å². The molecule has 0 spiro atoms. The number of amides is 1. The Morgan fingerprint density at radius 2 is 2.05 bits per heavy atom. The maximum Gasteiger partial charge on any atom is 0.226 e. The zero-order chi connectivity index (χ0) is 13.2. The molecule has 1 aromatic carbocycles.